The Morgan fingerprint density at radius 3 is 2.51 bits per heavy atom. The van der Waals surface area contributed by atoms with Crippen molar-refractivity contribution in [2.75, 3.05) is 44.2 Å². The van der Waals surface area contributed by atoms with Crippen molar-refractivity contribution in [3.63, 3.8) is 0 Å². The third-order valence-electron chi connectivity index (χ3n) is 7.08. The molecule has 0 bridgehead atoms. The Kier molecular flexibility index (Phi) is 8.19. The minimum atomic E-state index is -0.539. The number of nitrogens with zero attached hydrogens (tertiary/aromatic N) is 5. The van der Waals surface area contributed by atoms with Crippen LogP contribution >= 0.6 is 10.0 Å². The highest BCUT2D eigenvalue weighted by atomic mass is 32.3. The molecule has 0 saturated carbocycles. The van der Waals surface area contributed by atoms with E-state index in [1.807, 2.05) is 6.92 Å². The first-order valence-corrected chi connectivity index (χ1v) is 15.9. The quantitative estimate of drug-likeness (QED) is 0.369. The van der Waals surface area contributed by atoms with Crippen molar-refractivity contribution in [2.45, 2.75) is 59.7 Å². The number of aromatic nitrogens is 4. The predicted molar refractivity (Wildman–Crippen MR) is 149 cm³/mol. The van der Waals surface area contributed by atoms with Crippen molar-refractivity contribution >= 4 is 21.2 Å². The van der Waals surface area contributed by atoms with Gasteiger partial charge in [0.05, 0.1) is 17.8 Å². The van der Waals surface area contributed by atoms with Crippen LogP contribution in [0.4, 0.5) is 0 Å². The Balaban J connectivity index is 1.42. The fraction of sp³-hybridized carbons (Fsp3) is 0.607. The fourth-order valence-electron chi connectivity index (χ4n) is 5.17. The molecular formula is C28H43N5OS. The lowest BCUT2D eigenvalue weighted by Crippen LogP contribution is -2.38. The molecule has 0 spiro atoms. The van der Waals surface area contributed by atoms with E-state index in [0.717, 1.165) is 65.9 Å². The molecule has 192 valence electrons. The molecule has 0 radical (unpaired) electrons. The molecule has 0 aromatic carbocycles. The van der Waals surface area contributed by atoms with Crippen molar-refractivity contribution in [3.8, 4) is 0 Å². The highest BCUT2D eigenvalue weighted by Crippen LogP contribution is 2.33. The predicted octanol–water partition coefficient (Wildman–Crippen LogP) is 5.44. The van der Waals surface area contributed by atoms with Crippen molar-refractivity contribution in [3.05, 3.63) is 52.7 Å². The molecule has 1 unspecified atom stereocenters. The lowest BCUT2D eigenvalue weighted by molar-refractivity contribution is 0.0909. The zero-order valence-electron chi connectivity index (χ0n) is 22.7. The number of hydrogen-bond acceptors (Lipinski definition) is 5. The summed E-state index contributed by atoms with van der Waals surface area (Å²) in [4.78, 5) is 16.9. The van der Waals surface area contributed by atoms with Crippen molar-refractivity contribution in [1.82, 2.24) is 24.4 Å². The van der Waals surface area contributed by atoms with Crippen LogP contribution in [0.2, 0.25) is 0 Å². The molecule has 1 aliphatic rings. The molecule has 1 fully saturated rings. The zero-order valence-corrected chi connectivity index (χ0v) is 23.5. The van der Waals surface area contributed by atoms with Gasteiger partial charge >= 0.3 is 0 Å². The van der Waals surface area contributed by atoms with Gasteiger partial charge in [0.2, 0.25) is 0 Å². The van der Waals surface area contributed by atoms with E-state index in [1.165, 1.54) is 18.4 Å². The van der Waals surface area contributed by atoms with Gasteiger partial charge < -0.3 is 9.30 Å². The first kappa shape index (κ1) is 26.1. The second-order valence-electron chi connectivity index (χ2n) is 11.1. The van der Waals surface area contributed by atoms with E-state index in [4.69, 9.17) is 14.7 Å². The molecule has 4 heterocycles. The summed E-state index contributed by atoms with van der Waals surface area (Å²) in [6.45, 7) is 12.1. The van der Waals surface area contributed by atoms with Crippen LogP contribution in [0, 0.1) is 26.7 Å². The molecule has 35 heavy (non-hydrogen) atoms. The average Bonchev–Trinajstić information content (AvgIpc) is 3.09. The summed E-state index contributed by atoms with van der Waals surface area (Å²) < 4.78 is 8.14. The van der Waals surface area contributed by atoms with Gasteiger partial charge in [-0.25, -0.2) is 20.0 Å². The number of piperidine rings is 1. The van der Waals surface area contributed by atoms with E-state index in [0.29, 0.717) is 12.6 Å². The van der Waals surface area contributed by atoms with E-state index in [9.17, 15) is 0 Å². The number of pyridine rings is 2. The summed E-state index contributed by atoms with van der Waals surface area (Å²) in [6, 6.07) is 9.13. The first-order chi connectivity index (χ1) is 16.6. The van der Waals surface area contributed by atoms with E-state index in [2.05, 4.69) is 78.3 Å². The molecule has 2 atom stereocenters. The topological polar surface area (TPSA) is 56.1 Å². The van der Waals surface area contributed by atoms with Crippen molar-refractivity contribution in [2.24, 2.45) is 5.92 Å². The SMILES string of the molecule is Cc1cc(C[C@H]2CCCN(C(C)c3ccc4c(n3)nc(C)n4COCCS(C)(C)C)C2)cc(C)n1. The summed E-state index contributed by atoms with van der Waals surface area (Å²) in [7, 11) is -0.539. The minimum Gasteiger partial charge on any atom is -0.360 e. The summed E-state index contributed by atoms with van der Waals surface area (Å²) >= 11 is 0. The molecule has 6 nitrogen and oxygen atoms in total. The Labute approximate surface area is 212 Å². The molecule has 7 heteroatoms. The van der Waals surface area contributed by atoms with Gasteiger partial charge in [-0.1, -0.05) is 0 Å². The fourth-order valence-corrected chi connectivity index (χ4v) is 5.79. The van der Waals surface area contributed by atoms with Crippen LogP contribution in [-0.4, -0.2) is 68.6 Å². The van der Waals surface area contributed by atoms with Crippen molar-refractivity contribution < 1.29 is 4.74 Å². The maximum Gasteiger partial charge on any atom is 0.178 e. The molecule has 1 saturated heterocycles. The Hall–Kier alpha value is -1.96. The normalized spacial score (nSPS) is 18.8. The Morgan fingerprint density at radius 1 is 1.06 bits per heavy atom. The van der Waals surface area contributed by atoms with Crippen LogP contribution < -0.4 is 0 Å². The van der Waals surface area contributed by atoms with E-state index < -0.39 is 10.0 Å². The van der Waals surface area contributed by atoms with Gasteiger partial charge in [-0.2, -0.15) is 0 Å². The highest BCUT2D eigenvalue weighted by Gasteiger charge is 2.26. The van der Waals surface area contributed by atoms with Crippen LogP contribution in [0.1, 0.15) is 54.3 Å². The lowest BCUT2D eigenvalue weighted by atomic mass is 9.90. The smallest absolute Gasteiger partial charge is 0.178 e. The molecule has 0 N–H and O–H groups in total. The van der Waals surface area contributed by atoms with Gasteiger partial charge in [0.15, 0.2) is 5.65 Å². The largest absolute Gasteiger partial charge is 0.360 e. The third kappa shape index (κ3) is 6.83. The van der Waals surface area contributed by atoms with E-state index in [-0.39, 0.29) is 6.04 Å². The van der Waals surface area contributed by atoms with Gasteiger partial charge in [0.1, 0.15) is 12.6 Å². The average molecular weight is 498 g/mol. The summed E-state index contributed by atoms with van der Waals surface area (Å²) in [5.41, 5.74) is 6.65. The van der Waals surface area contributed by atoms with Gasteiger partial charge in [-0.15, -0.1) is 0 Å². The Bertz CT molecular complexity index is 1130. The molecule has 3 aromatic heterocycles. The second-order valence-corrected chi connectivity index (χ2v) is 15.7. The van der Waals surface area contributed by atoms with Gasteiger partial charge in [0, 0.05) is 29.7 Å². The number of rotatable bonds is 9. The van der Waals surface area contributed by atoms with Gasteiger partial charge in [-0.05, 0) is 108 Å². The third-order valence-corrected chi connectivity index (χ3v) is 8.47. The number of ether oxygens (including phenoxy) is 1. The Morgan fingerprint density at radius 2 is 1.80 bits per heavy atom. The molecule has 3 aromatic rings. The van der Waals surface area contributed by atoms with E-state index in [1.54, 1.807) is 0 Å². The molecule has 1 aliphatic heterocycles. The lowest BCUT2D eigenvalue weighted by Gasteiger charge is -2.36. The van der Waals surface area contributed by atoms with Crippen LogP contribution in [-0.2, 0) is 17.9 Å². The monoisotopic (exact) mass is 497 g/mol. The van der Waals surface area contributed by atoms with E-state index >= 15 is 0 Å². The van der Waals surface area contributed by atoms with Crippen LogP contribution in [0.5, 0.6) is 0 Å². The number of aryl methyl sites for hydroxylation is 3. The van der Waals surface area contributed by atoms with Crippen LogP contribution in [0.25, 0.3) is 11.2 Å². The van der Waals surface area contributed by atoms with Gasteiger partial charge in [-0.3, -0.25) is 9.88 Å². The molecule has 4 rings (SSSR count). The standard InChI is InChI=1S/C28H43N5OS/c1-20-15-25(16-21(2)29-20)17-24-9-8-12-32(18-24)22(3)26-10-11-27-28(31-26)30-23(4)33(27)19-34-13-14-35(5,6)7/h10-11,15-16,22,24H,8-9,12-14,17-19H2,1-7H3/t22?,24-/m1/s1. The second kappa shape index (κ2) is 11.0. The first-order valence-electron chi connectivity index (χ1n) is 12.8. The molecule has 0 aliphatic carbocycles. The highest BCUT2D eigenvalue weighted by molar-refractivity contribution is 8.32. The maximum absolute atomic E-state index is 6.00. The number of imidazole rings is 1. The zero-order chi connectivity index (χ0) is 25.2. The molecule has 0 amide bonds. The number of fused-ring (bicyclic) bond motifs is 1. The summed E-state index contributed by atoms with van der Waals surface area (Å²) in [5, 5.41) is 0. The summed E-state index contributed by atoms with van der Waals surface area (Å²) in [5.74, 6) is 2.75. The summed E-state index contributed by atoms with van der Waals surface area (Å²) in [6.07, 6.45) is 10.6. The number of likely N-dealkylation sites (tertiary alicyclic amines) is 1. The molecular weight excluding hydrogens is 454 g/mol. The minimum absolute atomic E-state index is 0.277. The van der Waals surface area contributed by atoms with Crippen molar-refractivity contribution in [1.29, 1.82) is 0 Å². The van der Waals surface area contributed by atoms with Crippen LogP contribution in [0.3, 0.4) is 0 Å². The number of hydrogen-bond donors (Lipinski definition) is 0. The maximum atomic E-state index is 6.00. The van der Waals surface area contributed by atoms with Gasteiger partial charge in [0.25, 0.3) is 0 Å². The van der Waals surface area contributed by atoms with Crippen LogP contribution in [0.15, 0.2) is 24.3 Å².